The van der Waals surface area contributed by atoms with Crippen LogP contribution in [0.5, 0.6) is 0 Å². The Morgan fingerprint density at radius 2 is 1.78 bits per heavy atom. The van der Waals surface area contributed by atoms with Crippen molar-refractivity contribution in [3.63, 3.8) is 0 Å². The van der Waals surface area contributed by atoms with Gasteiger partial charge in [-0.3, -0.25) is 14.7 Å². The smallest absolute Gasteiger partial charge is 0.253 e. The molecule has 142 valence electrons. The average Bonchev–Trinajstić information content (AvgIpc) is 3.19. The summed E-state index contributed by atoms with van der Waals surface area (Å²) in [6.07, 6.45) is 2.89. The molecule has 2 aromatic rings. The standard InChI is InChI=1S/C22H28N4O/c1-17-4-3-10-23-21(17)18-5-7-19(8-6-18)22(27)26-11-9-20(16-26)25-14-12-24(2)13-15-25/h3-8,10,20H,9,11-16H2,1-2H3. The van der Waals surface area contributed by atoms with Crippen molar-refractivity contribution in [1.29, 1.82) is 0 Å². The van der Waals surface area contributed by atoms with E-state index in [-0.39, 0.29) is 5.91 Å². The minimum Gasteiger partial charge on any atom is -0.337 e. The van der Waals surface area contributed by atoms with Crippen LogP contribution in [0.25, 0.3) is 11.3 Å². The van der Waals surface area contributed by atoms with Crippen molar-refractivity contribution >= 4 is 5.91 Å². The van der Waals surface area contributed by atoms with E-state index in [2.05, 4.69) is 34.8 Å². The van der Waals surface area contributed by atoms with E-state index < -0.39 is 0 Å². The van der Waals surface area contributed by atoms with Crippen LogP contribution in [0.3, 0.4) is 0 Å². The van der Waals surface area contributed by atoms with Gasteiger partial charge in [0.25, 0.3) is 5.91 Å². The minimum absolute atomic E-state index is 0.149. The van der Waals surface area contributed by atoms with E-state index in [1.165, 1.54) is 0 Å². The van der Waals surface area contributed by atoms with Gasteiger partial charge in [0.2, 0.25) is 0 Å². The molecule has 27 heavy (non-hydrogen) atoms. The zero-order valence-corrected chi connectivity index (χ0v) is 16.3. The maximum absolute atomic E-state index is 12.9. The van der Waals surface area contributed by atoms with Crippen molar-refractivity contribution in [2.75, 3.05) is 46.3 Å². The second-order valence-corrected chi connectivity index (χ2v) is 7.78. The van der Waals surface area contributed by atoms with Gasteiger partial charge in [-0.15, -0.1) is 0 Å². The van der Waals surface area contributed by atoms with Crippen LogP contribution in [-0.2, 0) is 0 Å². The summed E-state index contributed by atoms with van der Waals surface area (Å²) in [6, 6.07) is 12.4. The lowest BCUT2D eigenvalue weighted by Crippen LogP contribution is -2.50. The Morgan fingerprint density at radius 1 is 1.04 bits per heavy atom. The molecule has 1 unspecified atom stereocenters. The Labute approximate surface area is 161 Å². The fourth-order valence-corrected chi connectivity index (χ4v) is 4.15. The fraction of sp³-hybridized carbons (Fsp3) is 0.455. The maximum atomic E-state index is 12.9. The molecule has 2 aliphatic rings. The van der Waals surface area contributed by atoms with Crippen LogP contribution >= 0.6 is 0 Å². The molecule has 0 saturated carbocycles. The number of aryl methyl sites for hydroxylation is 1. The van der Waals surface area contributed by atoms with Crippen molar-refractivity contribution in [2.24, 2.45) is 0 Å². The number of hydrogen-bond acceptors (Lipinski definition) is 4. The molecular weight excluding hydrogens is 336 g/mol. The quantitative estimate of drug-likeness (QED) is 0.839. The molecule has 4 rings (SSSR count). The summed E-state index contributed by atoms with van der Waals surface area (Å²) in [6.45, 7) is 8.24. The van der Waals surface area contributed by atoms with Crippen LogP contribution in [0.15, 0.2) is 42.6 Å². The van der Waals surface area contributed by atoms with Gasteiger partial charge in [0.15, 0.2) is 0 Å². The Balaban J connectivity index is 1.41. The van der Waals surface area contributed by atoms with E-state index in [1.807, 2.05) is 41.4 Å². The third kappa shape index (κ3) is 3.89. The SMILES string of the molecule is Cc1cccnc1-c1ccc(C(=O)N2CCC(N3CCN(C)CC3)C2)cc1. The number of likely N-dealkylation sites (N-methyl/N-ethyl adjacent to an activating group) is 1. The van der Waals surface area contributed by atoms with Crippen LogP contribution in [0, 0.1) is 6.92 Å². The van der Waals surface area contributed by atoms with Gasteiger partial charge < -0.3 is 9.80 Å². The van der Waals surface area contributed by atoms with Crippen molar-refractivity contribution in [1.82, 2.24) is 19.7 Å². The third-order valence-electron chi connectivity index (χ3n) is 5.92. The van der Waals surface area contributed by atoms with Gasteiger partial charge in [-0.05, 0) is 44.2 Å². The minimum atomic E-state index is 0.149. The predicted octanol–water partition coefficient (Wildman–Crippen LogP) is 2.52. The van der Waals surface area contributed by atoms with Crippen LogP contribution in [-0.4, -0.2) is 77.9 Å². The highest BCUT2D eigenvalue weighted by molar-refractivity contribution is 5.95. The van der Waals surface area contributed by atoms with E-state index in [9.17, 15) is 4.79 Å². The fourth-order valence-electron chi connectivity index (χ4n) is 4.15. The molecule has 0 bridgehead atoms. The van der Waals surface area contributed by atoms with E-state index in [0.29, 0.717) is 6.04 Å². The Bertz CT molecular complexity index is 796. The molecule has 0 N–H and O–H groups in total. The van der Waals surface area contributed by atoms with Gasteiger partial charge in [0.05, 0.1) is 5.69 Å². The van der Waals surface area contributed by atoms with E-state index in [4.69, 9.17) is 0 Å². The first kappa shape index (κ1) is 18.1. The van der Waals surface area contributed by atoms with Crippen LogP contribution in [0.2, 0.25) is 0 Å². The number of amides is 1. The molecule has 2 aliphatic heterocycles. The highest BCUT2D eigenvalue weighted by Gasteiger charge is 2.31. The van der Waals surface area contributed by atoms with Crippen molar-refractivity contribution in [2.45, 2.75) is 19.4 Å². The summed E-state index contributed by atoms with van der Waals surface area (Å²) in [5, 5.41) is 0. The van der Waals surface area contributed by atoms with Gasteiger partial charge >= 0.3 is 0 Å². The molecule has 0 spiro atoms. The number of carbonyl (C=O) groups is 1. The molecule has 5 heteroatoms. The summed E-state index contributed by atoms with van der Waals surface area (Å²) < 4.78 is 0. The van der Waals surface area contributed by atoms with E-state index >= 15 is 0 Å². The highest BCUT2D eigenvalue weighted by Crippen LogP contribution is 2.23. The molecular formula is C22H28N4O. The Hall–Kier alpha value is -2.24. The first-order valence-corrected chi connectivity index (χ1v) is 9.86. The number of nitrogens with zero attached hydrogens (tertiary/aromatic N) is 4. The number of aromatic nitrogens is 1. The molecule has 0 radical (unpaired) electrons. The highest BCUT2D eigenvalue weighted by atomic mass is 16.2. The average molecular weight is 364 g/mol. The molecule has 1 aromatic heterocycles. The van der Waals surface area contributed by atoms with Gasteiger partial charge in [-0.25, -0.2) is 0 Å². The Kier molecular flexibility index (Phi) is 5.23. The lowest BCUT2D eigenvalue weighted by molar-refractivity contribution is 0.0755. The number of benzene rings is 1. The molecule has 1 aromatic carbocycles. The summed E-state index contributed by atoms with van der Waals surface area (Å²) >= 11 is 0. The van der Waals surface area contributed by atoms with Crippen LogP contribution in [0.1, 0.15) is 22.3 Å². The number of likely N-dealkylation sites (tertiary alicyclic amines) is 1. The molecule has 2 saturated heterocycles. The number of rotatable bonds is 3. The summed E-state index contributed by atoms with van der Waals surface area (Å²) in [5.41, 5.74) is 3.95. The van der Waals surface area contributed by atoms with Gasteiger partial charge in [-0.2, -0.15) is 0 Å². The van der Waals surface area contributed by atoms with Gasteiger partial charge in [-0.1, -0.05) is 18.2 Å². The van der Waals surface area contributed by atoms with Crippen LogP contribution in [0.4, 0.5) is 0 Å². The van der Waals surface area contributed by atoms with E-state index in [0.717, 1.165) is 68.1 Å². The first-order valence-electron chi connectivity index (χ1n) is 9.86. The topological polar surface area (TPSA) is 39.7 Å². The molecule has 3 heterocycles. The van der Waals surface area contributed by atoms with Crippen molar-refractivity contribution in [3.05, 3.63) is 53.7 Å². The Morgan fingerprint density at radius 3 is 2.48 bits per heavy atom. The first-order chi connectivity index (χ1) is 13.1. The largest absolute Gasteiger partial charge is 0.337 e. The molecule has 0 aliphatic carbocycles. The van der Waals surface area contributed by atoms with Crippen LogP contribution < -0.4 is 0 Å². The summed E-state index contributed by atoms with van der Waals surface area (Å²) in [4.78, 5) is 24.3. The normalized spacial score (nSPS) is 21.6. The maximum Gasteiger partial charge on any atom is 0.253 e. The van der Waals surface area contributed by atoms with Crippen molar-refractivity contribution < 1.29 is 4.79 Å². The molecule has 1 amide bonds. The molecule has 1 atom stereocenters. The van der Waals surface area contributed by atoms with Gasteiger partial charge in [0, 0.05) is 62.6 Å². The van der Waals surface area contributed by atoms with Crippen molar-refractivity contribution in [3.8, 4) is 11.3 Å². The molecule has 5 nitrogen and oxygen atoms in total. The second-order valence-electron chi connectivity index (χ2n) is 7.78. The van der Waals surface area contributed by atoms with Gasteiger partial charge in [0.1, 0.15) is 0 Å². The number of carbonyl (C=O) groups excluding carboxylic acids is 1. The lowest BCUT2D eigenvalue weighted by atomic mass is 10.0. The number of hydrogen-bond donors (Lipinski definition) is 0. The number of piperazine rings is 1. The third-order valence-corrected chi connectivity index (χ3v) is 5.92. The zero-order valence-electron chi connectivity index (χ0n) is 16.3. The second kappa shape index (κ2) is 7.79. The monoisotopic (exact) mass is 364 g/mol. The predicted molar refractivity (Wildman–Crippen MR) is 108 cm³/mol. The molecule has 2 fully saturated rings. The number of pyridine rings is 1. The van der Waals surface area contributed by atoms with E-state index in [1.54, 1.807) is 0 Å². The summed E-state index contributed by atoms with van der Waals surface area (Å²) in [7, 11) is 2.18. The lowest BCUT2D eigenvalue weighted by Gasteiger charge is -2.36. The zero-order chi connectivity index (χ0) is 18.8. The summed E-state index contributed by atoms with van der Waals surface area (Å²) in [5.74, 6) is 0.149.